The van der Waals surface area contributed by atoms with Crippen LogP contribution in [-0.4, -0.2) is 44.3 Å². The molecule has 2 fully saturated rings. The summed E-state index contributed by atoms with van der Waals surface area (Å²) in [5.41, 5.74) is 0. The smallest absolute Gasteiger partial charge is 0.146 e. The normalized spacial score (nSPS) is 30.2. The van der Waals surface area contributed by atoms with Crippen LogP contribution < -0.4 is 5.32 Å². The van der Waals surface area contributed by atoms with E-state index in [-0.39, 0.29) is 0 Å². The summed E-state index contributed by atoms with van der Waals surface area (Å²) in [6.45, 7) is 6.29. The van der Waals surface area contributed by atoms with Crippen LogP contribution in [0.25, 0.3) is 0 Å². The van der Waals surface area contributed by atoms with Gasteiger partial charge in [0.05, 0.1) is 6.54 Å². The maximum Gasteiger partial charge on any atom is 0.146 e. The van der Waals surface area contributed by atoms with Gasteiger partial charge in [-0.2, -0.15) is 0 Å². The van der Waals surface area contributed by atoms with E-state index in [4.69, 9.17) is 0 Å². The summed E-state index contributed by atoms with van der Waals surface area (Å²) in [5, 5.41) is 12.2. The van der Waals surface area contributed by atoms with Crippen molar-refractivity contribution in [1.29, 1.82) is 0 Å². The fourth-order valence-electron chi connectivity index (χ4n) is 3.59. The van der Waals surface area contributed by atoms with Gasteiger partial charge in [-0.1, -0.05) is 6.92 Å². The standard InChI is InChI=1S/C14H25N5/c1-4-19(9-14-17-16-10(2)18(14)3)13-7-11-5-6-12(8-13)15-11/h11-13,15H,4-9H2,1-3H3. The van der Waals surface area contributed by atoms with Gasteiger partial charge in [0, 0.05) is 25.2 Å². The Morgan fingerprint density at radius 2 is 1.95 bits per heavy atom. The van der Waals surface area contributed by atoms with Crippen LogP contribution in [0, 0.1) is 6.92 Å². The molecule has 0 aromatic carbocycles. The van der Waals surface area contributed by atoms with Crippen molar-refractivity contribution in [2.45, 2.75) is 64.2 Å². The van der Waals surface area contributed by atoms with Crippen molar-refractivity contribution in [2.75, 3.05) is 6.54 Å². The minimum absolute atomic E-state index is 0.709. The second kappa shape index (κ2) is 5.21. The van der Waals surface area contributed by atoms with Gasteiger partial charge in [0.1, 0.15) is 11.6 Å². The molecule has 1 N–H and O–H groups in total. The molecule has 2 saturated heterocycles. The minimum Gasteiger partial charge on any atom is -0.317 e. The largest absolute Gasteiger partial charge is 0.317 e. The Kier molecular flexibility index (Phi) is 3.58. The second-order valence-corrected chi connectivity index (χ2v) is 6.05. The number of piperidine rings is 1. The van der Waals surface area contributed by atoms with Gasteiger partial charge in [-0.3, -0.25) is 4.90 Å². The number of nitrogens with one attached hydrogen (secondary N) is 1. The summed E-state index contributed by atoms with van der Waals surface area (Å²) in [6.07, 6.45) is 5.31. The van der Waals surface area contributed by atoms with Crippen molar-refractivity contribution in [1.82, 2.24) is 25.0 Å². The highest BCUT2D eigenvalue weighted by Gasteiger charge is 2.35. The molecular weight excluding hydrogens is 238 g/mol. The van der Waals surface area contributed by atoms with Crippen LogP contribution in [-0.2, 0) is 13.6 Å². The van der Waals surface area contributed by atoms with Crippen LogP contribution >= 0.6 is 0 Å². The number of fused-ring (bicyclic) bond motifs is 2. The van der Waals surface area contributed by atoms with Crippen LogP contribution in [0.2, 0.25) is 0 Å². The predicted molar refractivity (Wildman–Crippen MR) is 74.8 cm³/mol. The van der Waals surface area contributed by atoms with E-state index in [1.165, 1.54) is 25.7 Å². The molecule has 106 valence electrons. The first-order chi connectivity index (χ1) is 9.17. The van der Waals surface area contributed by atoms with Crippen molar-refractivity contribution in [3.63, 3.8) is 0 Å². The van der Waals surface area contributed by atoms with Gasteiger partial charge in [-0.25, -0.2) is 0 Å². The fourth-order valence-corrected chi connectivity index (χ4v) is 3.59. The molecule has 1 aromatic rings. The second-order valence-electron chi connectivity index (χ2n) is 6.05. The van der Waals surface area contributed by atoms with Crippen LogP contribution in [0.1, 0.15) is 44.3 Å². The monoisotopic (exact) mass is 263 g/mol. The van der Waals surface area contributed by atoms with Crippen molar-refractivity contribution in [3.8, 4) is 0 Å². The van der Waals surface area contributed by atoms with Crippen molar-refractivity contribution < 1.29 is 0 Å². The van der Waals surface area contributed by atoms with Gasteiger partial charge >= 0.3 is 0 Å². The van der Waals surface area contributed by atoms with Gasteiger partial charge in [0.2, 0.25) is 0 Å². The number of hydrogen-bond donors (Lipinski definition) is 1. The third-order valence-electron chi connectivity index (χ3n) is 4.90. The molecule has 2 aliphatic rings. The lowest BCUT2D eigenvalue weighted by molar-refractivity contribution is 0.136. The summed E-state index contributed by atoms with van der Waals surface area (Å²) in [4.78, 5) is 2.58. The lowest BCUT2D eigenvalue weighted by Gasteiger charge is -2.37. The van der Waals surface area contributed by atoms with E-state index in [0.717, 1.165) is 36.8 Å². The van der Waals surface area contributed by atoms with E-state index >= 15 is 0 Å². The highest BCUT2D eigenvalue weighted by atomic mass is 15.3. The molecule has 0 spiro atoms. The van der Waals surface area contributed by atoms with Crippen LogP contribution in [0.5, 0.6) is 0 Å². The molecule has 0 saturated carbocycles. The third-order valence-corrected chi connectivity index (χ3v) is 4.90. The highest BCUT2D eigenvalue weighted by molar-refractivity contribution is 4.98. The fraction of sp³-hybridized carbons (Fsp3) is 0.857. The van der Waals surface area contributed by atoms with E-state index < -0.39 is 0 Å². The number of aromatic nitrogens is 3. The summed E-state index contributed by atoms with van der Waals surface area (Å²) in [5.74, 6) is 2.08. The molecule has 19 heavy (non-hydrogen) atoms. The molecule has 2 unspecified atom stereocenters. The molecular formula is C14H25N5. The van der Waals surface area contributed by atoms with Crippen LogP contribution in [0.4, 0.5) is 0 Å². The summed E-state index contributed by atoms with van der Waals surface area (Å²) in [7, 11) is 2.06. The average molecular weight is 263 g/mol. The SMILES string of the molecule is CCN(Cc1nnc(C)n1C)C1CC2CCC(C1)N2. The lowest BCUT2D eigenvalue weighted by atomic mass is 9.98. The van der Waals surface area contributed by atoms with Gasteiger partial charge in [-0.05, 0) is 39.2 Å². The molecule has 5 nitrogen and oxygen atoms in total. The molecule has 0 radical (unpaired) electrons. The minimum atomic E-state index is 0.709. The zero-order valence-corrected chi connectivity index (χ0v) is 12.3. The van der Waals surface area contributed by atoms with Crippen molar-refractivity contribution in [3.05, 3.63) is 11.6 Å². The lowest BCUT2D eigenvalue weighted by Crippen LogP contribution is -2.48. The van der Waals surface area contributed by atoms with E-state index in [1.54, 1.807) is 0 Å². The Bertz CT molecular complexity index is 429. The average Bonchev–Trinajstić information content (AvgIpc) is 2.91. The van der Waals surface area contributed by atoms with Crippen molar-refractivity contribution in [2.24, 2.45) is 7.05 Å². The number of rotatable bonds is 4. The Labute approximate surface area is 115 Å². The van der Waals surface area contributed by atoms with Gasteiger partial charge in [0.25, 0.3) is 0 Å². The van der Waals surface area contributed by atoms with Crippen LogP contribution in [0.3, 0.4) is 0 Å². The quantitative estimate of drug-likeness (QED) is 0.887. The molecule has 1 aromatic heterocycles. The predicted octanol–water partition coefficient (Wildman–Crippen LogP) is 1.23. The zero-order valence-electron chi connectivity index (χ0n) is 12.3. The van der Waals surface area contributed by atoms with Crippen LogP contribution in [0.15, 0.2) is 0 Å². The van der Waals surface area contributed by atoms with Gasteiger partial charge in [0.15, 0.2) is 0 Å². The maximum atomic E-state index is 4.31. The zero-order chi connectivity index (χ0) is 13.4. The maximum absolute atomic E-state index is 4.31. The Morgan fingerprint density at radius 1 is 1.26 bits per heavy atom. The van der Waals surface area contributed by atoms with E-state index in [1.807, 2.05) is 6.92 Å². The van der Waals surface area contributed by atoms with Gasteiger partial charge < -0.3 is 9.88 Å². The van der Waals surface area contributed by atoms with E-state index in [2.05, 4.69) is 39.0 Å². The number of nitrogens with zero attached hydrogens (tertiary/aromatic N) is 4. The molecule has 2 bridgehead atoms. The molecule has 0 aliphatic carbocycles. The molecule has 5 heteroatoms. The summed E-state index contributed by atoms with van der Waals surface area (Å²) in [6, 6.07) is 2.21. The van der Waals surface area contributed by atoms with Gasteiger partial charge in [-0.15, -0.1) is 10.2 Å². The topological polar surface area (TPSA) is 46.0 Å². The Hall–Kier alpha value is -0.940. The molecule has 3 rings (SSSR count). The molecule has 2 aliphatic heterocycles. The van der Waals surface area contributed by atoms with E-state index in [9.17, 15) is 0 Å². The number of hydrogen-bond acceptors (Lipinski definition) is 4. The first-order valence-corrected chi connectivity index (χ1v) is 7.52. The van der Waals surface area contributed by atoms with E-state index in [0.29, 0.717) is 6.04 Å². The molecule has 3 heterocycles. The Morgan fingerprint density at radius 3 is 2.47 bits per heavy atom. The molecule has 2 atom stereocenters. The summed E-state index contributed by atoms with van der Waals surface area (Å²) >= 11 is 0. The highest BCUT2D eigenvalue weighted by Crippen LogP contribution is 2.30. The molecule has 0 amide bonds. The first-order valence-electron chi connectivity index (χ1n) is 7.52. The summed E-state index contributed by atoms with van der Waals surface area (Å²) < 4.78 is 2.11. The first kappa shape index (κ1) is 13.1. The number of aryl methyl sites for hydroxylation is 1. The van der Waals surface area contributed by atoms with Crippen molar-refractivity contribution >= 4 is 0 Å². The Balaban J connectivity index is 1.69. The third kappa shape index (κ3) is 2.54.